The molecule has 0 aliphatic rings. The minimum absolute atomic E-state index is 0.102. The zero-order valence-corrected chi connectivity index (χ0v) is 8.09. The van der Waals surface area contributed by atoms with Crippen molar-refractivity contribution < 1.29 is 4.79 Å². The highest BCUT2D eigenvalue weighted by atomic mass is 16.3. The van der Waals surface area contributed by atoms with Crippen LogP contribution in [0.15, 0.2) is 35.5 Å². The summed E-state index contributed by atoms with van der Waals surface area (Å²) < 4.78 is 0. The van der Waals surface area contributed by atoms with Crippen LogP contribution in [-0.4, -0.2) is 12.6 Å². The van der Waals surface area contributed by atoms with Crippen LogP contribution in [0.4, 0.5) is 0 Å². The summed E-state index contributed by atoms with van der Waals surface area (Å²) in [7, 11) is 0. The van der Waals surface area contributed by atoms with Gasteiger partial charge in [0.1, 0.15) is 0 Å². The number of carbonyl (C=O) groups is 1. The van der Waals surface area contributed by atoms with E-state index in [1.165, 1.54) is 0 Å². The van der Waals surface area contributed by atoms with Gasteiger partial charge < -0.3 is 0 Å². The molecule has 0 spiro atoms. The van der Waals surface area contributed by atoms with Crippen LogP contribution in [0.2, 0.25) is 6.32 Å². The van der Waals surface area contributed by atoms with E-state index in [1.807, 2.05) is 36.3 Å². The monoisotopic (exact) mass is 200 g/mol. The number of carbonyl (C=O) groups excluding carboxylic acids is 1. The van der Waals surface area contributed by atoms with Crippen molar-refractivity contribution in [3.05, 3.63) is 40.8 Å². The van der Waals surface area contributed by atoms with Gasteiger partial charge in [0.05, 0.1) is 0 Å². The second-order valence-electron chi connectivity index (χ2n) is 3.20. The second kappa shape index (κ2) is 5.71. The quantitative estimate of drug-likeness (QED) is 0.547. The number of nitroso groups, excluding NO2 is 1. The van der Waals surface area contributed by atoms with E-state index in [2.05, 4.69) is 5.18 Å². The van der Waals surface area contributed by atoms with Crippen LogP contribution in [0.1, 0.15) is 5.56 Å². The smallest absolute Gasteiger partial charge is 0.270 e. The number of rotatable bonds is 4. The van der Waals surface area contributed by atoms with Gasteiger partial charge >= 0.3 is 0 Å². The zero-order valence-electron chi connectivity index (χ0n) is 8.09. The van der Waals surface area contributed by atoms with Crippen LogP contribution in [-0.2, 0) is 11.1 Å². The normalized spacial score (nSPS) is 9.00. The maximum absolute atomic E-state index is 10.7. The molecule has 0 aliphatic carbocycles. The third kappa shape index (κ3) is 3.73. The molecule has 0 N–H and O–H groups in total. The molecule has 0 saturated heterocycles. The third-order valence-corrected chi connectivity index (χ3v) is 2.03. The molecule has 1 rings (SSSR count). The molecule has 1 aromatic carbocycles. The molecule has 0 atom stereocenters. The molecule has 0 bridgehead atoms. The molecule has 1 amide bonds. The number of nitriles is 1. The predicted octanol–water partition coefficient (Wildman–Crippen LogP) is 1.62. The average molecular weight is 200 g/mol. The molecule has 74 valence electrons. The van der Waals surface area contributed by atoms with Crippen molar-refractivity contribution in [3.8, 4) is 5.97 Å². The Bertz CT molecular complexity index is 386. The van der Waals surface area contributed by atoms with E-state index in [9.17, 15) is 9.70 Å². The summed E-state index contributed by atoms with van der Waals surface area (Å²) in [5.74, 6) is 1.23. The van der Waals surface area contributed by atoms with Crippen molar-refractivity contribution in [2.75, 3.05) is 0 Å². The van der Waals surface area contributed by atoms with Gasteiger partial charge in [0.15, 0.2) is 0 Å². The summed E-state index contributed by atoms with van der Waals surface area (Å²) in [6, 6.07) is 9.36. The molecule has 0 fully saturated rings. The Hall–Kier alpha value is -1.96. The van der Waals surface area contributed by atoms with Crippen LogP contribution in [0.3, 0.4) is 0 Å². The topological polar surface area (TPSA) is 70.3 Å². The van der Waals surface area contributed by atoms with Gasteiger partial charge in [-0.3, -0.25) is 4.79 Å². The molecular weight excluding hydrogens is 191 g/mol. The molecule has 0 aliphatic heterocycles. The Kier molecular flexibility index (Phi) is 4.23. The van der Waals surface area contributed by atoms with Crippen molar-refractivity contribution >= 4 is 12.6 Å². The van der Waals surface area contributed by atoms with Gasteiger partial charge in [-0.05, 0) is 6.32 Å². The van der Waals surface area contributed by atoms with Crippen LogP contribution in [0, 0.1) is 16.1 Å². The van der Waals surface area contributed by atoms with Gasteiger partial charge in [0.2, 0.25) is 0 Å². The van der Waals surface area contributed by atoms with Crippen LogP contribution < -0.4 is 0 Å². The summed E-state index contributed by atoms with van der Waals surface area (Å²) in [5.41, 5.74) is 0.975. The summed E-state index contributed by atoms with van der Waals surface area (Å²) in [6.45, 7) is -0.474. The zero-order chi connectivity index (χ0) is 11.1. The highest BCUT2D eigenvalue weighted by Crippen LogP contribution is 2.05. The molecule has 0 aromatic heterocycles. The predicted molar refractivity (Wildman–Crippen MR) is 57.1 cm³/mol. The number of hydrogen-bond donors (Lipinski definition) is 0. The number of benzene rings is 1. The molecule has 5 heteroatoms. The molecule has 0 saturated carbocycles. The molecule has 1 aromatic rings. The number of hydrogen-bond acceptors (Lipinski definition) is 3. The van der Waals surface area contributed by atoms with Crippen LogP contribution in [0.5, 0.6) is 0 Å². The van der Waals surface area contributed by atoms with Crippen molar-refractivity contribution in [2.24, 2.45) is 5.18 Å². The average Bonchev–Trinajstić information content (AvgIpc) is 2.29. The first-order valence-electron chi connectivity index (χ1n) is 4.56. The Balaban J connectivity index is 2.59. The first kappa shape index (κ1) is 11.1. The Labute approximate surface area is 88.0 Å². The summed E-state index contributed by atoms with van der Waals surface area (Å²) in [6.07, 6.45) is 0.369. The van der Waals surface area contributed by atoms with E-state index in [0.717, 1.165) is 5.56 Å². The van der Waals surface area contributed by atoms with Crippen LogP contribution in [0.25, 0.3) is 0 Å². The summed E-state index contributed by atoms with van der Waals surface area (Å²) >= 11 is 0. The number of amides is 1. The number of nitrogens with zero attached hydrogens (tertiary/aromatic N) is 2. The van der Waals surface area contributed by atoms with E-state index >= 15 is 0 Å². The Morgan fingerprint density at radius 2 is 2.07 bits per heavy atom. The lowest BCUT2D eigenvalue weighted by Crippen LogP contribution is -2.18. The lowest BCUT2D eigenvalue weighted by atomic mass is 9.45. The van der Waals surface area contributed by atoms with Crippen molar-refractivity contribution in [3.63, 3.8) is 0 Å². The summed E-state index contributed by atoms with van der Waals surface area (Å²) in [4.78, 5) is 20.6. The van der Waals surface area contributed by atoms with Crippen LogP contribution >= 0.6 is 0 Å². The summed E-state index contributed by atoms with van der Waals surface area (Å²) in [5, 5.41) is 11.1. The maximum atomic E-state index is 10.7. The van der Waals surface area contributed by atoms with Gasteiger partial charge in [-0.2, -0.15) is 0 Å². The second-order valence-corrected chi connectivity index (χ2v) is 3.20. The minimum Gasteiger partial charge on any atom is -0.270 e. The van der Waals surface area contributed by atoms with E-state index in [4.69, 9.17) is 5.26 Å². The largest absolute Gasteiger partial charge is 0.281 e. The van der Waals surface area contributed by atoms with Gasteiger partial charge in [0, 0.05) is 17.5 Å². The standard InChI is InChI=1S/C10H9BN2O2/c12-8-11(7-10(14)13-15)6-9-4-2-1-3-5-9/h1-5H,6-7H2. The molecule has 4 nitrogen and oxygen atoms in total. The fraction of sp³-hybridized carbons (Fsp3) is 0.200. The lowest BCUT2D eigenvalue weighted by molar-refractivity contribution is -0.115. The van der Waals surface area contributed by atoms with E-state index in [0.29, 0.717) is 6.32 Å². The highest BCUT2D eigenvalue weighted by molar-refractivity contribution is 6.69. The van der Waals surface area contributed by atoms with E-state index in [-0.39, 0.29) is 6.32 Å². The lowest BCUT2D eigenvalue weighted by Gasteiger charge is -2.01. The van der Waals surface area contributed by atoms with Crippen molar-refractivity contribution in [1.29, 1.82) is 5.26 Å². The molecule has 15 heavy (non-hydrogen) atoms. The highest BCUT2D eigenvalue weighted by Gasteiger charge is 2.19. The molecule has 0 heterocycles. The molecule has 0 unspecified atom stereocenters. The Morgan fingerprint density at radius 1 is 1.40 bits per heavy atom. The van der Waals surface area contributed by atoms with Crippen molar-refractivity contribution in [1.82, 2.24) is 0 Å². The van der Waals surface area contributed by atoms with E-state index in [1.54, 1.807) is 0 Å². The SMILES string of the molecule is N#CB(CC(=O)N=O)Cc1ccccc1. The van der Waals surface area contributed by atoms with Gasteiger partial charge in [-0.1, -0.05) is 35.9 Å². The van der Waals surface area contributed by atoms with Crippen molar-refractivity contribution in [2.45, 2.75) is 12.6 Å². The molecule has 0 radical (unpaired) electrons. The first-order chi connectivity index (χ1) is 7.26. The maximum Gasteiger partial charge on any atom is 0.281 e. The third-order valence-electron chi connectivity index (χ3n) is 2.03. The minimum atomic E-state index is -0.766. The van der Waals surface area contributed by atoms with Gasteiger partial charge in [-0.15, -0.1) is 4.91 Å². The first-order valence-corrected chi connectivity index (χ1v) is 4.56. The Morgan fingerprint density at radius 3 is 2.60 bits per heavy atom. The van der Waals surface area contributed by atoms with Gasteiger partial charge in [0.25, 0.3) is 12.6 Å². The van der Waals surface area contributed by atoms with E-state index < -0.39 is 12.6 Å². The fourth-order valence-electron chi connectivity index (χ4n) is 1.31. The van der Waals surface area contributed by atoms with Gasteiger partial charge in [-0.25, -0.2) is 5.26 Å². The fourth-order valence-corrected chi connectivity index (χ4v) is 1.31. The molecular formula is C10H9BN2O2.